The molecular formula is C18H24N2. The highest BCUT2D eigenvalue weighted by atomic mass is 15.2. The number of rotatable bonds is 5. The average molecular weight is 268 g/mol. The van der Waals surface area contributed by atoms with Crippen LogP contribution in [0.4, 0.5) is 5.69 Å². The third kappa shape index (κ3) is 3.20. The Balaban J connectivity index is 2.20. The van der Waals surface area contributed by atoms with Crippen LogP contribution in [0.1, 0.15) is 13.8 Å². The molecule has 106 valence electrons. The molecule has 0 bridgehead atoms. The second-order valence-corrected chi connectivity index (χ2v) is 5.81. The van der Waals surface area contributed by atoms with E-state index in [9.17, 15) is 0 Å². The topological polar surface area (TPSA) is 15.3 Å². The molecule has 20 heavy (non-hydrogen) atoms. The average Bonchev–Trinajstić information content (AvgIpc) is 2.47. The fourth-order valence-electron chi connectivity index (χ4n) is 2.41. The molecule has 0 aromatic heterocycles. The SMILES string of the molecule is CNCC(C)(C)N(C)c1ccc(-c2ccccc2)cc1. The molecule has 1 N–H and O–H groups in total. The third-order valence-electron chi connectivity index (χ3n) is 3.88. The summed E-state index contributed by atoms with van der Waals surface area (Å²) in [7, 11) is 4.14. The van der Waals surface area contributed by atoms with Crippen molar-refractivity contribution in [3.63, 3.8) is 0 Å². The maximum absolute atomic E-state index is 3.25. The van der Waals surface area contributed by atoms with Crippen molar-refractivity contribution in [2.45, 2.75) is 19.4 Å². The molecule has 0 unspecified atom stereocenters. The summed E-state index contributed by atoms with van der Waals surface area (Å²) in [4.78, 5) is 2.32. The van der Waals surface area contributed by atoms with Gasteiger partial charge in [-0.1, -0.05) is 42.5 Å². The highest BCUT2D eigenvalue weighted by molar-refractivity contribution is 5.66. The van der Waals surface area contributed by atoms with Crippen LogP contribution in [0.5, 0.6) is 0 Å². The van der Waals surface area contributed by atoms with Gasteiger partial charge in [0.15, 0.2) is 0 Å². The van der Waals surface area contributed by atoms with E-state index in [0.29, 0.717) is 0 Å². The van der Waals surface area contributed by atoms with Crippen molar-refractivity contribution in [3.05, 3.63) is 54.6 Å². The van der Waals surface area contributed by atoms with Crippen molar-refractivity contribution in [2.75, 3.05) is 25.5 Å². The molecule has 2 heteroatoms. The number of nitrogens with zero attached hydrogens (tertiary/aromatic N) is 1. The second-order valence-electron chi connectivity index (χ2n) is 5.81. The van der Waals surface area contributed by atoms with Gasteiger partial charge in [-0.05, 0) is 44.2 Å². The number of likely N-dealkylation sites (N-methyl/N-ethyl adjacent to an activating group) is 2. The molecule has 0 amide bonds. The van der Waals surface area contributed by atoms with E-state index in [1.165, 1.54) is 16.8 Å². The van der Waals surface area contributed by atoms with Crippen LogP contribution >= 0.6 is 0 Å². The van der Waals surface area contributed by atoms with E-state index in [1.807, 2.05) is 13.1 Å². The Hall–Kier alpha value is -1.80. The zero-order valence-electron chi connectivity index (χ0n) is 12.9. The van der Waals surface area contributed by atoms with Crippen molar-refractivity contribution in [1.82, 2.24) is 5.32 Å². The first kappa shape index (κ1) is 14.6. The maximum Gasteiger partial charge on any atom is 0.0466 e. The first-order valence-corrected chi connectivity index (χ1v) is 7.08. The van der Waals surface area contributed by atoms with Gasteiger partial charge in [0.2, 0.25) is 0 Å². The van der Waals surface area contributed by atoms with E-state index in [0.717, 1.165) is 6.54 Å². The molecule has 0 radical (unpaired) electrons. The number of nitrogens with one attached hydrogen (secondary N) is 1. The highest BCUT2D eigenvalue weighted by Crippen LogP contribution is 2.26. The summed E-state index contributed by atoms with van der Waals surface area (Å²) in [5.74, 6) is 0. The molecule has 0 saturated heterocycles. The molecule has 0 aliphatic heterocycles. The minimum absolute atomic E-state index is 0.0863. The van der Waals surface area contributed by atoms with Gasteiger partial charge < -0.3 is 10.2 Å². The summed E-state index contributed by atoms with van der Waals surface area (Å²) >= 11 is 0. The van der Waals surface area contributed by atoms with Crippen molar-refractivity contribution in [2.24, 2.45) is 0 Å². The molecule has 0 spiro atoms. The van der Waals surface area contributed by atoms with E-state index in [4.69, 9.17) is 0 Å². The Morgan fingerprint density at radius 2 is 1.45 bits per heavy atom. The Labute approximate surface area is 122 Å². The Bertz CT molecular complexity index is 529. The fraction of sp³-hybridized carbons (Fsp3) is 0.333. The van der Waals surface area contributed by atoms with Crippen LogP contribution in [0.3, 0.4) is 0 Å². The van der Waals surface area contributed by atoms with E-state index in [-0.39, 0.29) is 5.54 Å². The van der Waals surface area contributed by atoms with Crippen molar-refractivity contribution in [3.8, 4) is 11.1 Å². The first-order valence-electron chi connectivity index (χ1n) is 7.08. The molecule has 0 aliphatic carbocycles. The van der Waals surface area contributed by atoms with Gasteiger partial charge in [0.1, 0.15) is 0 Å². The van der Waals surface area contributed by atoms with Crippen LogP contribution in [0.15, 0.2) is 54.6 Å². The van der Waals surface area contributed by atoms with E-state index < -0.39 is 0 Å². The van der Waals surface area contributed by atoms with Crippen LogP contribution in [0.25, 0.3) is 11.1 Å². The van der Waals surface area contributed by atoms with Gasteiger partial charge >= 0.3 is 0 Å². The highest BCUT2D eigenvalue weighted by Gasteiger charge is 2.22. The predicted octanol–water partition coefficient (Wildman–Crippen LogP) is 3.79. The molecule has 2 aromatic rings. The first-order chi connectivity index (χ1) is 9.54. The second kappa shape index (κ2) is 6.10. The largest absolute Gasteiger partial charge is 0.368 e. The Kier molecular flexibility index (Phi) is 4.46. The smallest absolute Gasteiger partial charge is 0.0466 e. The number of hydrogen-bond acceptors (Lipinski definition) is 2. The van der Waals surface area contributed by atoms with E-state index in [1.54, 1.807) is 0 Å². The minimum atomic E-state index is 0.0863. The molecule has 2 rings (SSSR count). The lowest BCUT2D eigenvalue weighted by molar-refractivity contribution is 0.463. The van der Waals surface area contributed by atoms with Crippen molar-refractivity contribution in [1.29, 1.82) is 0 Å². The Morgan fingerprint density at radius 1 is 0.900 bits per heavy atom. The van der Waals surface area contributed by atoms with E-state index in [2.05, 4.69) is 79.6 Å². The molecule has 0 aliphatic rings. The molecule has 0 fully saturated rings. The lowest BCUT2D eigenvalue weighted by Gasteiger charge is -2.37. The predicted molar refractivity (Wildman–Crippen MR) is 88.3 cm³/mol. The van der Waals surface area contributed by atoms with Crippen molar-refractivity contribution >= 4 is 5.69 Å². The maximum atomic E-state index is 3.25. The van der Waals surface area contributed by atoms with Gasteiger partial charge in [-0.15, -0.1) is 0 Å². The minimum Gasteiger partial charge on any atom is -0.368 e. The molecule has 0 saturated carbocycles. The fourth-order valence-corrected chi connectivity index (χ4v) is 2.41. The van der Waals surface area contributed by atoms with Crippen molar-refractivity contribution < 1.29 is 0 Å². The van der Waals surface area contributed by atoms with Gasteiger partial charge in [0, 0.05) is 24.8 Å². The van der Waals surface area contributed by atoms with Gasteiger partial charge in [-0.3, -0.25) is 0 Å². The normalized spacial score (nSPS) is 11.4. The third-order valence-corrected chi connectivity index (χ3v) is 3.88. The molecule has 0 heterocycles. The molecule has 2 nitrogen and oxygen atoms in total. The summed E-state index contributed by atoms with van der Waals surface area (Å²) in [6, 6.07) is 19.3. The quantitative estimate of drug-likeness (QED) is 0.887. The molecule has 2 aromatic carbocycles. The van der Waals surface area contributed by atoms with Crippen LogP contribution < -0.4 is 10.2 Å². The zero-order valence-corrected chi connectivity index (χ0v) is 12.9. The molecular weight excluding hydrogens is 244 g/mol. The summed E-state index contributed by atoms with van der Waals surface area (Å²) in [6.45, 7) is 5.44. The summed E-state index contributed by atoms with van der Waals surface area (Å²) < 4.78 is 0. The number of benzene rings is 2. The van der Waals surface area contributed by atoms with Crippen LogP contribution in [0, 0.1) is 0 Å². The summed E-state index contributed by atoms with van der Waals surface area (Å²) in [5.41, 5.74) is 3.85. The van der Waals surface area contributed by atoms with E-state index >= 15 is 0 Å². The number of hydrogen-bond donors (Lipinski definition) is 1. The number of anilines is 1. The van der Waals surface area contributed by atoms with Crippen LogP contribution in [-0.4, -0.2) is 26.2 Å². The zero-order chi connectivity index (χ0) is 14.6. The van der Waals surface area contributed by atoms with Gasteiger partial charge in [-0.25, -0.2) is 0 Å². The summed E-state index contributed by atoms with van der Waals surface area (Å²) in [5, 5.41) is 3.25. The lowest BCUT2D eigenvalue weighted by atomic mass is 10.0. The lowest BCUT2D eigenvalue weighted by Crippen LogP contribution is -2.48. The molecule has 0 atom stereocenters. The van der Waals surface area contributed by atoms with Gasteiger partial charge in [-0.2, -0.15) is 0 Å². The van der Waals surface area contributed by atoms with Gasteiger partial charge in [0.25, 0.3) is 0 Å². The van der Waals surface area contributed by atoms with Crippen LogP contribution in [0.2, 0.25) is 0 Å². The standard InChI is InChI=1S/C18H24N2/c1-18(2,14-19-3)20(4)17-12-10-16(11-13-17)15-8-6-5-7-9-15/h5-13,19H,14H2,1-4H3. The monoisotopic (exact) mass is 268 g/mol. The van der Waals surface area contributed by atoms with Gasteiger partial charge in [0.05, 0.1) is 0 Å². The Morgan fingerprint density at radius 3 is 2.00 bits per heavy atom. The summed E-state index contributed by atoms with van der Waals surface area (Å²) in [6.07, 6.45) is 0. The van der Waals surface area contributed by atoms with Crippen LogP contribution in [-0.2, 0) is 0 Å².